The molecule has 0 fully saturated rings. The molecule has 2 N–H and O–H groups in total. The zero-order valence-electron chi connectivity index (χ0n) is 10.1. The van der Waals surface area contributed by atoms with Gasteiger partial charge < -0.3 is 5.11 Å². The van der Waals surface area contributed by atoms with E-state index in [1.807, 2.05) is 31.2 Å². The van der Waals surface area contributed by atoms with Crippen LogP contribution in [-0.2, 0) is 4.79 Å². The van der Waals surface area contributed by atoms with Crippen molar-refractivity contribution >= 4 is 33.7 Å². The molecule has 0 spiro atoms. The Bertz CT molecular complexity index is 588. The molecule has 0 aliphatic heterocycles. The molecule has 0 radical (unpaired) electrons. The third-order valence-electron chi connectivity index (χ3n) is 2.49. The van der Waals surface area contributed by atoms with Crippen LogP contribution in [-0.4, -0.2) is 31.5 Å². The second-order valence-corrected chi connectivity index (χ2v) is 5.82. The molecule has 2 rings (SSSR count). The number of carboxylic acid groups (broad SMARTS) is 1. The number of thioether (sulfide) groups is 1. The minimum Gasteiger partial charge on any atom is -0.480 e. The molecule has 0 aliphatic carbocycles. The summed E-state index contributed by atoms with van der Waals surface area (Å²) >= 11 is 4.59. The summed E-state index contributed by atoms with van der Waals surface area (Å²) in [5.74, 6) is -0.227. The second-order valence-electron chi connectivity index (χ2n) is 3.80. The van der Waals surface area contributed by atoms with E-state index in [4.69, 9.17) is 5.11 Å². The van der Waals surface area contributed by atoms with E-state index < -0.39 is 11.2 Å². The number of hydrogen-bond acceptors (Lipinski definition) is 4. The molecule has 1 aromatic heterocycles. The molecule has 0 bridgehead atoms. The fourth-order valence-electron chi connectivity index (χ4n) is 1.51. The van der Waals surface area contributed by atoms with Crippen molar-refractivity contribution in [2.24, 2.45) is 0 Å². The summed E-state index contributed by atoms with van der Waals surface area (Å²) < 4.78 is 0.910. The summed E-state index contributed by atoms with van der Waals surface area (Å²) in [7, 11) is 0. The molecule has 0 saturated heterocycles. The number of carbonyl (C=O) groups is 1. The molecule has 100 valence electrons. The summed E-state index contributed by atoms with van der Waals surface area (Å²) in [6.45, 7) is 1.83. The number of H-pyrrole nitrogens is 1. The summed E-state index contributed by atoms with van der Waals surface area (Å²) in [4.78, 5) is 15.3. The lowest BCUT2D eigenvalue weighted by Gasteiger charge is -2.04. The summed E-state index contributed by atoms with van der Waals surface area (Å²) in [6.07, 6.45) is 0.527. The van der Waals surface area contributed by atoms with Crippen LogP contribution in [0.1, 0.15) is 13.3 Å². The van der Waals surface area contributed by atoms with E-state index in [2.05, 4.69) is 31.1 Å². The Balaban J connectivity index is 2.20. The Morgan fingerprint density at radius 1 is 1.53 bits per heavy atom. The van der Waals surface area contributed by atoms with E-state index in [-0.39, 0.29) is 0 Å². The van der Waals surface area contributed by atoms with Crippen LogP contribution in [0.3, 0.4) is 0 Å². The zero-order valence-corrected chi connectivity index (χ0v) is 12.5. The highest BCUT2D eigenvalue weighted by molar-refractivity contribution is 9.10. The van der Waals surface area contributed by atoms with Gasteiger partial charge in [-0.1, -0.05) is 52.8 Å². The number of nitrogens with zero attached hydrogens (tertiary/aromatic N) is 2. The van der Waals surface area contributed by atoms with Crippen molar-refractivity contribution in [1.29, 1.82) is 0 Å². The van der Waals surface area contributed by atoms with Crippen LogP contribution >= 0.6 is 27.7 Å². The van der Waals surface area contributed by atoms with Crippen LogP contribution in [0.5, 0.6) is 0 Å². The maximum atomic E-state index is 11.0. The first-order valence-electron chi connectivity index (χ1n) is 5.68. The number of hydrogen-bond donors (Lipinski definition) is 2. The number of aromatic nitrogens is 3. The van der Waals surface area contributed by atoms with Gasteiger partial charge in [-0.2, -0.15) is 0 Å². The Morgan fingerprint density at radius 2 is 2.26 bits per heavy atom. The summed E-state index contributed by atoms with van der Waals surface area (Å²) in [6, 6.07) is 7.64. The van der Waals surface area contributed by atoms with Crippen molar-refractivity contribution in [1.82, 2.24) is 15.2 Å². The third-order valence-corrected chi connectivity index (χ3v) is 4.39. The van der Waals surface area contributed by atoms with Crippen LogP contribution in [0, 0.1) is 0 Å². The molecule has 2 aromatic rings. The van der Waals surface area contributed by atoms with E-state index in [0.29, 0.717) is 17.4 Å². The van der Waals surface area contributed by atoms with E-state index in [1.54, 1.807) is 0 Å². The fraction of sp³-hybridized carbons (Fsp3) is 0.250. The molecule has 1 atom stereocenters. The smallest absolute Gasteiger partial charge is 0.317 e. The van der Waals surface area contributed by atoms with Crippen molar-refractivity contribution < 1.29 is 9.90 Å². The molecule has 1 heterocycles. The van der Waals surface area contributed by atoms with Crippen LogP contribution in [0.2, 0.25) is 0 Å². The highest BCUT2D eigenvalue weighted by Crippen LogP contribution is 2.28. The minimum absolute atomic E-state index is 0.444. The second kappa shape index (κ2) is 6.21. The van der Waals surface area contributed by atoms with Crippen molar-refractivity contribution in [3.8, 4) is 11.4 Å². The third kappa shape index (κ3) is 3.36. The Kier molecular flexibility index (Phi) is 4.60. The molecule has 0 aliphatic rings. The predicted molar refractivity (Wildman–Crippen MR) is 77.1 cm³/mol. The fourth-order valence-corrected chi connectivity index (χ4v) is 2.75. The molecule has 0 unspecified atom stereocenters. The van der Waals surface area contributed by atoms with Gasteiger partial charge in [0.1, 0.15) is 5.25 Å². The van der Waals surface area contributed by atoms with Gasteiger partial charge in [0.2, 0.25) is 5.16 Å². The monoisotopic (exact) mass is 341 g/mol. The van der Waals surface area contributed by atoms with Gasteiger partial charge >= 0.3 is 5.97 Å². The van der Waals surface area contributed by atoms with Gasteiger partial charge in [-0.3, -0.25) is 9.89 Å². The molecular weight excluding hydrogens is 330 g/mol. The first-order chi connectivity index (χ1) is 9.11. The molecule has 0 saturated carbocycles. The van der Waals surface area contributed by atoms with Gasteiger partial charge in [-0.15, -0.1) is 5.10 Å². The number of carboxylic acids is 1. The molecule has 5 nitrogen and oxygen atoms in total. The van der Waals surface area contributed by atoms with E-state index in [0.717, 1.165) is 21.8 Å². The SMILES string of the molecule is CC[C@H](Sc1n[nH]c(-c2ccccc2Br)n1)C(=O)O. The molecule has 1 aromatic carbocycles. The largest absolute Gasteiger partial charge is 0.480 e. The summed E-state index contributed by atoms with van der Waals surface area (Å²) in [5, 5.41) is 15.8. The van der Waals surface area contributed by atoms with E-state index in [9.17, 15) is 4.79 Å². The normalized spacial score (nSPS) is 12.3. The maximum absolute atomic E-state index is 11.0. The Morgan fingerprint density at radius 3 is 2.89 bits per heavy atom. The summed E-state index contributed by atoms with van der Waals surface area (Å²) in [5.41, 5.74) is 0.894. The molecular formula is C12H12BrN3O2S. The predicted octanol–water partition coefficient (Wildman–Crippen LogP) is 3.19. The van der Waals surface area contributed by atoms with Crippen molar-refractivity contribution in [3.63, 3.8) is 0 Å². The van der Waals surface area contributed by atoms with Gasteiger partial charge in [-0.05, 0) is 12.5 Å². The van der Waals surface area contributed by atoms with Gasteiger partial charge in [-0.25, -0.2) is 4.98 Å². The molecule has 0 amide bonds. The Labute approximate surface area is 123 Å². The number of aromatic amines is 1. The Hall–Kier alpha value is -1.34. The number of halogens is 1. The highest BCUT2D eigenvalue weighted by atomic mass is 79.9. The lowest BCUT2D eigenvalue weighted by molar-refractivity contribution is -0.136. The quantitative estimate of drug-likeness (QED) is 0.816. The number of rotatable bonds is 5. The number of benzene rings is 1. The zero-order chi connectivity index (χ0) is 13.8. The highest BCUT2D eigenvalue weighted by Gasteiger charge is 2.19. The van der Waals surface area contributed by atoms with Crippen molar-refractivity contribution in [2.75, 3.05) is 0 Å². The van der Waals surface area contributed by atoms with Crippen LogP contribution < -0.4 is 0 Å². The topological polar surface area (TPSA) is 78.9 Å². The van der Waals surface area contributed by atoms with Gasteiger partial charge in [0.15, 0.2) is 5.82 Å². The van der Waals surface area contributed by atoms with E-state index in [1.165, 1.54) is 0 Å². The first kappa shape index (κ1) is 14.1. The van der Waals surface area contributed by atoms with Gasteiger partial charge in [0.25, 0.3) is 0 Å². The van der Waals surface area contributed by atoms with Crippen LogP contribution in [0.15, 0.2) is 33.9 Å². The first-order valence-corrected chi connectivity index (χ1v) is 7.35. The lowest BCUT2D eigenvalue weighted by Crippen LogP contribution is -2.14. The lowest BCUT2D eigenvalue weighted by atomic mass is 10.2. The minimum atomic E-state index is -0.847. The van der Waals surface area contributed by atoms with Crippen LogP contribution in [0.4, 0.5) is 0 Å². The maximum Gasteiger partial charge on any atom is 0.317 e. The van der Waals surface area contributed by atoms with Crippen LogP contribution in [0.25, 0.3) is 11.4 Å². The van der Waals surface area contributed by atoms with Crippen molar-refractivity contribution in [2.45, 2.75) is 23.8 Å². The molecule has 7 heteroatoms. The van der Waals surface area contributed by atoms with Crippen molar-refractivity contribution in [3.05, 3.63) is 28.7 Å². The number of nitrogens with one attached hydrogen (secondary N) is 1. The average molecular weight is 342 g/mol. The molecule has 19 heavy (non-hydrogen) atoms. The average Bonchev–Trinajstić information content (AvgIpc) is 2.84. The van der Waals surface area contributed by atoms with E-state index >= 15 is 0 Å². The number of aliphatic carboxylic acids is 1. The van der Waals surface area contributed by atoms with Gasteiger partial charge in [0, 0.05) is 10.0 Å². The van der Waals surface area contributed by atoms with Gasteiger partial charge in [0.05, 0.1) is 0 Å². The standard InChI is InChI=1S/C12H12BrN3O2S/c1-2-9(11(17)18)19-12-14-10(15-16-12)7-5-3-4-6-8(7)13/h3-6,9H,2H2,1H3,(H,17,18)(H,14,15,16)/t9-/m0/s1.